The quantitative estimate of drug-likeness (QED) is 0.756. The third kappa shape index (κ3) is 1.45. The van der Waals surface area contributed by atoms with Crippen LogP contribution in [-0.4, -0.2) is 26.2 Å². The molecule has 0 aliphatic heterocycles. The van der Waals surface area contributed by atoms with Crippen LogP contribution >= 0.6 is 0 Å². The van der Waals surface area contributed by atoms with Crippen molar-refractivity contribution < 1.29 is 14.4 Å². The second-order valence-corrected chi connectivity index (χ2v) is 2.51. The van der Waals surface area contributed by atoms with E-state index in [-0.39, 0.29) is 5.76 Å². The van der Waals surface area contributed by atoms with Gasteiger partial charge in [0.15, 0.2) is 0 Å². The van der Waals surface area contributed by atoms with E-state index < -0.39 is 5.97 Å². The van der Waals surface area contributed by atoms with Crippen LogP contribution in [-0.2, 0) is 0 Å². The Balaban J connectivity index is 2.39. The highest BCUT2D eigenvalue weighted by Crippen LogP contribution is 2.16. The number of aromatic carboxylic acids is 1. The summed E-state index contributed by atoms with van der Waals surface area (Å²) in [5, 5.41) is 12.2. The van der Waals surface area contributed by atoms with Crippen LogP contribution in [0.2, 0.25) is 0 Å². The molecule has 1 N–H and O–H groups in total. The fraction of sp³-hybridized carbons (Fsp3) is 0. The normalized spacial score (nSPS) is 10.0. The molecule has 0 fully saturated rings. The predicted octanol–water partition coefficient (Wildman–Crippen LogP) is 0.830. The summed E-state index contributed by atoms with van der Waals surface area (Å²) in [6.45, 7) is 0. The van der Waals surface area contributed by atoms with E-state index in [4.69, 9.17) is 5.11 Å². The largest absolute Gasteiger partial charge is 0.475 e. The Labute approximate surface area is 78.2 Å². The molecule has 0 amide bonds. The van der Waals surface area contributed by atoms with Crippen molar-refractivity contribution in [2.45, 2.75) is 0 Å². The highest BCUT2D eigenvalue weighted by molar-refractivity contribution is 5.85. The van der Waals surface area contributed by atoms with Crippen molar-refractivity contribution in [1.82, 2.24) is 15.1 Å². The molecule has 0 aliphatic rings. The molecule has 0 saturated carbocycles. The Morgan fingerprint density at radius 1 is 1.36 bits per heavy atom. The summed E-state index contributed by atoms with van der Waals surface area (Å²) in [7, 11) is 0. The van der Waals surface area contributed by atoms with Gasteiger partial charge in [-0.15, -0.1) is 0 Å². The first kappa shape index (κ1) is 8.36. The molecule has 2 rings (SSSR count). The van der Waals surface area contributed by atoms with Crippen LogP contribution in [0.5, 0.6) is 0 Å². The molecule has 2 aromatic rings. The van der Waals surface area contributed by atoms with Crippen LogP contribution in [0, 0.1) is 0 Å². The Morgan fingerprint density at radius 3 is 2.64 bits per heavy atom. The van der Waals surface area contributed by atoms with Gasteiger partial charge in [0.25, 0.3) is 0 Å². The smallest absolute Gasteiger partial charge is 0.374 e. The summed E-state index contributed by atoms with van der Waals surface area (Å²) in [5.74, 6) is -1.36. The molecule has 0 atom stereocenters. The van der Waals surface area contributed by atoms with Gasteiger partial charge in [-0.1, -0.05) is 5.16 Å². The number of hydrogen-bond donors (Lipinski definition) is 1. The maximum Gasteiger partial charge on any atom is 0.374 e. The van der Waals surface area contributed by atoms with Gasteiger partial charge in [-0.3, -0.25) is 0 Å². The van der Waals surface area contributed by atoms with Crippen molar-refractivity contribution in [2.75, 3.05) is 0 Å². The monoisotopic (exact) mass is 191 g/mol. The van der Waals surface area contributed by atoms with Gasteiger partial charge < -0.3 is 9.63 Å². The first-order valence-corrected chi connectivity index (χ1v) is 3.73. The van der Waals surface area contributed by atoms with E-state index in [9.17, 15) is 4.79 Å². The van der Waals surface area contributed by atoms with E-state index in [1.54, 1.807) is 0 Å². The second-order valence-electron chi connectivity index (χ2n) is 2.51. The Morgan fingerprint density at radius 2 is 2.07 bits per heavy atom. The standard InChI is InChI=1S/C8H5N3O3/c12-8(13)7-1-6(11-14-7)5-2-9-4-10-3-5/h1-4H,(H,12,13). The lowest BCUT2D eigenvalue weighted by molar-refractivity contribution is 0.0652. The number of hydrogen-bond acceptors (Lipinski definition) is 5. The summed E-state index contributed by atoms with van der Waals surface area (Å²) in [5.41, 5.74) is 1.02. The first-order valence-electron chi connectivity index (χ1n) is 3.73. The molecule has 0 radical (unpaired) electrons. The van der Waals surface area contributed by atoms with Gasteiger partial charge in [-0.05, 0) is 0 Å². The zero-order valence-electron chi connectivity index (χ0n) is 6.91. The summed E-state index contributed by atoms with van der Waals surface area (Å²) in [4.78, 5) is 18.0. The van der Waals surface area contributed by atoms with Crippen molar-refractivity contribution in [3.8, 4) is 11.3 Å². The number of rotatable bonds is 2. The third-order valence-corrected chi connectivity index (χ3v) is 1.58. The Kier molecular flexibility index (Phi) is 1.94. The SMILES string of the molecule is O=C(O)c1cc(-c2cncnc2)no1. The maximum absolute atomic E-state index is 10.5. The highest BCUT2D eigenvalue weighted by atomic mass is 16.5. The molecule has 14 heavy (non-hydrogen) atoms. The van der Waals surface area contributed by atoms with Gasteiger partial charge in [0.2, 0.25) is 5.76 Å². The van der Waals surface area contributed by atoms with Crippen molar-refractivity contribution in [3.05, 3.63) is 30.5 Å². The maximum atomic E-state index is 10.5. The minimum atomic E-state index is -1.15. The lowest BCUT2D eigenvalue weighted by Gasteiger charge is -1.89. The van der Waals surface area contributed by atoms with Crippen molar-refractivity contribution in [3.63, 3.8) is 0 Å². The summed E-state index contributed by atoms with van der Waals surface area (Å²) >= 11 is 0. The van der Waals surface area contributed by atoms with Gasteiger partial charge in [0.05, 0.1) is 0 Å². The average molecular weight is 191 g/mol. The van der Waals surface area contributed by atoms with Gasteiger partial charge in [0, 0.05) is 24.0 Å². The molecule has 0 aromatic carbocycles. The zero-order chi connectivity index (χ0) is 9.97. The summed E-state index contributed by atoms with van der Waals surface area (Å²) in [6.07, 6.45) is 4.43. The molecule has 0 spiro atoms. The predicted molar refractivity (Wildman–Crippen MR) is 44.5 cm³/mol. The topological polar surface area (TPSA) is 89.1 Å². The molecule has 6 heteroatoms. The number of nitrogens with zero attached hydrogens (tertiary/aromatic N) is 3. The zero-order valence-corrected chi connectivity index (χ0v) is 6.91. The van der Waals surface area contributed by atoms with E-state index >= 15 is 0 Å². The van der Waals surface area contributed by atoms with Crippen LogP contribution in [0.3, 0.4) is 0 Å². The van der Waals surface area contributed by atoms with Crippen molar-refractivity contribution in [1.29, 1.82) is 0 Å². The van der Waals surface area contributed by atoms with Crippen LogP contribution in [0.1, 0.15) is 10.6 Å². The number of carbonyl (C=O) groups is 1. The van der Waals surface area contributed by atoms with Crippen molar-refractivity contribution >= 4 is 5.97 Å². The molecule has 2 aromatic heterocycles. The number of carboxylic acids is 1. The highest BCUT2D eigenvalue weighted by Gasteiger charge is 2.12. The average Bonchev–Trinajstić information content (AvgIpc) is 2.68. The van der Waals surface area contributed by atoms with E-state index in [1.165, 1.54) is 24.8 Å². The molecule has 0 saturated heterocycles. The van der Waals surface area contributed by atoms with Crippen LogP contribution in [0.25, 0.3) is 11.3 Å². The van der Waals surface area contributed by atoms with Crippen LogP contribution < -0.4 is 0 Å². The molecule has 6 nitrogen and oxygen atoms in total. The Bertz CT molecular complexity index is 452. The molecular formula is C8H5N3O3. The first-order chi connectivity index (χ1) is 6.77. The van der Waals surface area contributed by atoms with Crippen LogP contribution in [0.4, 0.5) is 0 Å². The molecular weight excluding hydrogens is 186 g/mol. The number of aromatic nitrogens is 3. The fourth-order valence-corrected chi connectivity index (χ4v) is 0.943. The number of carboxylic acid groups (broad SMARTS) is 1. The second kappa shape index (κ2) is 3.25. The fourth-order valence-electron chi connectivity index (χ4n) is 0.943. The molecule has 70 valence electrons. The van der Waals surface area contributed by atoms with Gasteiger partial charge in [-0.2, -0.15) is 0 Å². The van der Waals surface area contributed by atoms with Gasteiger partial charge in [-0.25, -0.2) is 14.8 Å². The van der Waals surface area contributed by atoms with E-state index in [0.29, 0.717) is 11.3 Å². The van der Waals surface area contributed by atoms with E-state index in [0.717, 1.165) is 0 Å². The van der Waals surface area contributed by atoms with Gasteiger partial charge in [0.1, 0.15) is 12.0 Å². The summed E-state index contributed by atoms with van der Waals surface area (Å²) < 4.78 is 4.58. The molecule has 0 unspecified atom stereocenters. The minimum Gasteiger partial charge on any atom is -0.475 e. The van der Waals surface area contributed by atoms with E-state index in [1.807, 2.05) is 0 Å². The van der Waals surface area contributed by atoms with Crippen molar-refractivity contribution in [2.24, 2.45) is 0 Å². The lowest BCUT2D eigenvalue weighted by Crippen LogP contribution is -1.91. The molecule has 0 bridgehead atoms. The lowest BCUT2D eigenvalue weighted by atomic mass is 10.2. The van der Waals surface area contributed by atoms with Gasteiger partial charge >= 0.3 is 5.97 Å². The Hall–Kier alpha value is -2.24. The minimum absolute atomic E-state index is 0.205. The van der Waals surface area contributed by atoms with E-state index in [2.05, 4.69) is 19.6 Å². The third-order valence-electron chi connectivity index (χ3n) is 1.58. The summed E-state index contributed by atoms with van der Waals surface area (Å²) in [6, 6.07) is 1.32. The van der Waals surface area contributed by atoms with Crippen LogP contribution in [0.15, 0.2) is 29.3 Å². The molecule has 2 heterocycles. The molecule has 0 aliphatic carbocycles.